The molecular weight excluding hydrogens is 629 g/mol. The van der Waals surface area contributed by atoms with Crippen LogP contribution in [0, 0.1) is 5.82 Å². The Bertz CT molecular complexity index is 1580. The van der Waals surface area contributed by atoms with Crippen LogP contribution in [0.2, 0.25) is 0 Å². The van der Waals surface area contributed by atoms with Gasteiger partial charge in [0.2, 0.25) is 0 Å². The average molecular weight is 666 g/mol. The van der Waals surface area contributed by atoms with E-state index in [4.69, 9.17) is 4.74 Å². The summed E-state index contributed by atoms with van der Waals surface area (Å²) < 4.78 is 33.3. The van der Waals surface area contributed by atoms with Crippen LogP contribution in [-0.2, 0) is 4.74 Å². The summed E-state index contributed by atoms with van der Waals surface area (Å²) in [7, 11) is 0. The minimum Gasteiger partial charge on any atom is -0.508 e. The Morgan fingerprint density at radius 1 is 0.935 bits per heavy atom. The van der Waals surface area contributed by atoms with Crippen molar-refractivity contribution in [3.63, 3.8) is 0 Å². The third-order valence-corrected chi connectivity index (χ3v) is 11.1. The Labute approximate surface area is 276 Å². The zero-order valence-electron chi connectivity index (χ0n) is 25.0. The number of ether oxygens (including phenoxy) is 1. The molecule has 6 nitrogen and oxygen atoms in total. The Hall–Kier alpha value is -3.12. The van der Waals surface area contributed by atoms with E-state index in [2.05, 4.69) is 0 Å². The molecule has 0 radical (unpaired) electrons. The lowest BCUT2D eigenvalue weighted by molar-refractivity contribution is -0.113. The molecule has 0 amide bonds. The van der Waals surface area contributed by atoms with Gasteiger partial charge in [-0.05, 0) is 65.4 Å². The predicted molar refractivity (Wildman–Crippen MR) is 180 cm³/mol. The van der Waals surface area contributed by atoms with Gasteiger partial charge in [0.05, 0.1) is 49.2 Å². The number of anilines is 1. The number of halogens is 2. The summed E-state index contributed by atoms with van der Waals surface area (Å²) in [5, 5.41) is 42.0. The molecule has 2 aliphatic heterocycles. The number of thioether (sulfide) groups is 1. The van der Waals surface area contributed by atoms with Crippen molar-refractivity contribution in [2.45, 2.75) is 66.1 Å². The van der Waals surface area contributed by atoms with Gasteiger partial charge >= 0.3 is 0 Å². The van der Waals surface area contributed by atoms with Crippen molar-refractivity contribution in [2.75, 3.05) is 11.5 Å². The van der Waals surface area contributed by atoms with E-state index in [9.17, 15) is 28.7 Å². The molecule has 0 spiro atoms. The molecule has 242 valence electrons. The molecule has 4 aromatic carbocycles. The van der Waals surface area contributed by atoms with E-state index in [1.807, 2.05) is 71.6 Å². The van der Waals surface area contributed by atoms with Crippen LogP contribution in [0.1, 0.15) is 60.6 Å². The smallest absolute Gasteiger partial charge is 0.154 e. The van der Waals surface area contributed by atoms with E-state index < -0.39 is 23.0 Å². The highest BCUT2D eigenvalue weighted by molar-refractivity contribution is 8.15. The van der Waals surface area contributed by atoms with Crippen molar-refractivity contribution in [2.24, 2.45) is 0 Å². The highest BCUT2D eigenvalue weighted by Crippen LogP contribution is 2.54. The van der Waals surface area contributed by atoms with Crippen LogP contribution in [0.15, 0.2) is 97.1 Å². The number of phenols is 1. The van der Waals surface area contributed by atoms with Crippen LogP contribution in [0.4, 0.5) is 14.0 Å². The van der Waals surface area contributed by atoms with E-state index in [0.717, 1.165) is 22.4 Å². The molecule has 2 heterocycles. The summed E-state index contributed by atoms with van der Waals surface area (Å²) in [6, 6.07) is 28.3. The fourth-order valence-electron chi connectivity index (χ4n) is 6.48. The first kappa shape index (κ1) is 32.8. The van der Waals surface area contributed by atoms with Crippen LogP contribution < -0.4 is 4.90 Å². The third kappa shape index (κ3) is 7.22. The Balaban J connectivity index is 1.26. The number of benzene rings is 4. The van der Waals surface area contributed by atoms with Crippen molar-refractivity contribution < 1.29 is 33.4 Å². The minimum atomic E-state index is -0.806. The molecule has 4 N–H and O–H groups in total. The molecule has 2 aliphatic rings. The van der Waals surface area contributed by atoms with Gasteiger partial charge in [-0.3, -0.25) is 0 Å². The lowest BCUT2D eigenvalue weighted by Gasteiger charge is -2.32. The molecule has 0 saturated carbocycles. The van der Waals surface area contributed by atoms with Gasteiger partial charge in [-0.2, -0.15) is 3.89 Å². The monoisotopic (exact) mass is 665 g/mol. The number of nitrogens with zero attached hydrogens (tertiary/aromatic N) is 1. The Kier molecular flexibility index (Phi) is 10.5. The second-order valence-electron chi connectivity index (χ2n) is 11.9. The van der Waals surface area contributed by atoms with Gasteiger partial charge in [-0.1, -0.05) is 66.7 Å². The van der Waals surface area contributed by atoms with Crippen LogP contribution in [0.3, 0.4) is 0 Å². The third-order valence-electron chi connectivity index (χ3n) is 8.83. The van der Waals surface area contributed by atoms with Gasteiger partial charge in [0, 0.05) is 29.3 Å². The maximum absolute atomic E-state index is 14.5. The predicted octanol–water partition coefficient (Wildman–Crippen LogP) is 7.85. The van der Waals surface area contributed by atoms with E-state index in [1.54, 1.807) is 18.2 Å². The molecule has 6 rings (SSSR count). The topological polar surface area (TPSA) is 93.4 Å². The first-order valence-corrected chi connectivity index (χ1v) is 17.1. The zero-order chi connectivity index (χ0) is 32.2. The first-order chi connectivity index (χ1) is 22.3. The van der Waals surface area contributed by atoms with Crippen LogP contribution in [0.5, 0.6) is 5.75 Å². The number of aliphatic hydroxyl groups excluding tert-OH is 3. The molecule has 2 saturated heterocycles. The first-order valence-electron chi connectivity index (χ1n) is 15.4. The second-order valence-corrected chi connectivity index (χ2v) is 14.1. The van der Waals surface area contributed by atoms with Crippen molar-refractivity contribution in [1.82, 2.24) is 0 Å². The number of phenolic OH excluding ortho intramolecular Hbond substituents is 1. The standard InChI is InChI=1S/C36H37F2NO5S2/c37-26-13-10-23(11-14-26)31(42)16-17-34-35(39(36(45-34)46-38)27-4-2-1-3-5-27)30-15-12-25(18-32(30)43)22-6-8-24(9-7-22)33-20-28(41)19-29(21-40)44-33/h1-15,18,28-29,31,33-36,40-43H,16-17,19-21H2. The normalized spacial score (nSPS) is 25.5. The number of hydrogen-bond acceptors (Lipinski definition) is 8. The summed E-state index contributed by atoms with van der Waals surface area (Å²) in [5.41, 5.74) is 4.71. The van der Waals surface area contributed by atoms with Gasteiger partial charge in [-0.15, -0.1) is 11.8 Å². The summed E-state index contributed by atoms with van der Waals surface area (Å²) >= 11 is 1.72. The number of rotatable bonds is 10. The Morgan fingerprint density at radius 2 is 1.65 bits per heavy atom. The van der Waals surface area contributed by atoms with Gasteiger partial charge in [0.15, 0.2) is 4.71 Å². The van der Waals surface area contributed by atoms with Crippen molar-refractivity contribution in [1.29, 1.82) is 0 Å². The highest BCUT2D eigenvalue weighted by Gasteiger charge is 2.44. The molecule has 4 aromatic rings. The number of para-hydroxylation sites is 1. The number of hydrogen-bond donors (Lipinski definition) is 4. The molecular formula is C36H37F2NO5S2. The van der Waals surface area contributed by atoms with Gasteiger partial charge < -0.3 is 30.1 Å². The maximum atomic E-state index is 14.5. The molecule has 10 heteroatoms. The Morgan fingerprint density at radius 3 is 2.33 bits per heavy atom. The van der Waals surface area contributed by atoms with Crippen LogP contribution >= 0.6 is 23.9 Å². The molecule has 0 bridgehead atoms. The van der Waals surface area contributed by atoms with E-state index in [-0.39, 0.29) is 47.7 Å². The van der Waals surface area contributed by atoms with Crippen LogP contribution in [-0.4, -0.2) is 49.2 Å². The van der Waals surface area contributed by atoms with Gasteiger partial charge in [0.25, 0.3) is 0 Å². The summed E-state index contributed by atoms with van der Waals surface area (Å²) in [5.74, 6) is -0.279. The van der Waals surface area contributed by atoms with Crippen LogP contribution in [0.25, 0.3) is 11.1 Å². The van der Waals surface area contributed by atoms with Crippen molar-refractivity contribution in [3.8, 4) is 16.9 Å². The highest BCUT2D eigenvalue weighted by atomic mass is 32.2. The summed E-state index contributed by atoms with van der Waals surface area (Å²) in [6.45, 7) is -0.140. The molecule has 0 aromatic heterocycles. The summed E-state index contributed by atoms with van der Waals surface area (Å²) in [4.78, 5) is 1.99. The van der Waals surface area contributed by atoms with E-state index in [1.165, 1.54) is 23.9 Å². The molecule has 2 fully saturated rings. The van der Waals surface area contributed by atoms with Gasteiger partial charge in [0.1, 0.15) is 11.6 Å². The largest absolute Gasteiger partial charge is 0.508 e. The SMILES string of the molecule is OCC1CC(O)CC(c2ccc(-c3ccc(C4C(CCC(O)c5ccc(F)cc5)SC(SF)N4c4ccccc4)c(O)c3)cc2)O1. The quantitative estimate of drug-likeness (QED) is 0.136. The maximum Gasteiger partial charge on any atom is 0.154 e. The fourth-order valence-corrected chi connectivity index (χ4v) is 8.80. The molecule has 46 heavy (non-hydrogen) atoms. The van der Waals surface area contributed by atoms with Crippen molar-refractivity contribution in [3.05, 3.63) is 120 Å². The molecule has 7 unspecified atom stereocenters. The summed E-state index contributed by atoms with van der Waals surface area (Å²) in [6.07, 6.45) is -0.248. The number of aliphatic hydroxyl groups is 3. The van der Waals surface area contributed by atoms with E-state index in [0.29, 0.717) is 36.8 Å². The fraction of sp³-hybridized carbons (Fsp3) is 0.333. The second kappa shape index (κ2) is 14.8. The van der Waals surface area contributed by atoms with Crippen molar-refractivity contribution >= 4 is 29.6 Å². The van der Waals surface area contributed by atoms with Gasteiger partial charge in [-0.25, -0.2) is 4.39 Å². The minimum absolute atomic E-state index is 0.0891. The lowest BCUT2D eigenvalue weighted by atomic mass is 9.92. The van der Waals surface area contributed by atoms with E-state index >= 15 is 0 Å². The molecule has 0 aliphatic carbocycles. The lowest BCUT2D eigenvalue weighted by Crippen LogP contribution is -2.33. The number of aromatic hydroxyl groups is 1. The molecule has 7 atom stereocenters. The zero-order valence-corrected chi connectivity index (χ0v) is 26.7. The average Bonchev–Trinajstić information content (AvgIpc) is 3.46.